The number of benzene rings is 1. The number of fused-ring (bicyclic) bond motifs is 1. The van der Waals surface area contributed by atoms with Gasteiger partial charge >= 0.3 is 0 Å². The molecule has 2 heterocycles. The van der Waals surface area contributed by atoms with Crippen LogP contribution >= 0.6 is 11.6 Å². The number of hydrazone groups is 1. The van der Waals surface area contributed by atoms with E-state index in [-0.39, 0.29) is 6.17 Å². The zero-order valence-corrected chi connectivity index (χ0v) is 13.4. The first kappa shape index (κ1) is 15.2. The molecule has 0 fully saturated rings. The molecule has 1 unspecified atom stereocenters. The normalized spacial score (nSPS) is 20.8. The van der Waals surface area contributed by atoms with E-state index in [1.165, 1.54) is 11.1 Å². The minimum absolute atomic E-state index is 0.266. The quantitative estimate of drug-likeness (QED) is 0.931. The fraction of sp³-hybridized carbons (Fsp3) is 0.438. The van der Waals surface area contributed by atoms with Gasteiger partial charge in [-0.1, -0.05) is 23.7 Å². The van der Waals surface area contributed by atoms with Crippen LogP contribution in [0.15, 0.2) is 33.3 Å². The summed E-state index contributed by atoms with van der Waals surface area (Å²) >= 11 is 6.06. The van der Waals surface area contributed by atoms with Crippen LogP contribution in [0.5, 0.6) is 0 Å². The van der Waals surface area contributed by atoms with E-state index in [9.17, 15) is 0 Å². The third-order valence-corrected chi connectivity index (χ3v) is 4.23. The second-order valence-electron chi connectivity index (χ2n) is 5.55. The summed E-state index contributed by atoms with van der Waals surface area (Å²) in [6.07, 6.45) is 5.96. The molecule has 0 saturated heterocycles. The van der Waals surface area contributed by atoms with Crippen LogP contribution in [0.1, 0.15) is 30.4 Å². The van der Waals surface area contributed by atoms with E-state index < -0.39 is 0 Å². The monoisotopic (exact) mass is 317 g/mol. The van der Waals surface area contributed by atoms with Crippen molar-refractivity contribution in [2.75, 3.05) is 7.05 Å². The number of nitrogens with two attached hydrogens (primary N) is 1. The van der Waals surface area contributed by atoms with Crippen LogP contribution in [-0.4, -0.2) is 35.4 Å². The van der Waals surface area contributed by atoms with E-state index in [1.54, 1.807) is 12.1 Å². The maximum Gasteiger partial charge on any atom is 0.127 e. The van der Waals surface area contributed by atoms with Gasteiger partial charge in [0.2, 0.25) is 0 Å². The fourth-order valence-corrected chi connectivity index (χ4v) is 3.01. The molecule has 0 saturated carbocycles. The minimum Gasteiger partial charge on any atom is -0.309 e. The van der Waals surface area contributed by atoms with Gasteiger partial charge in [0.05, 0.1) is 5.69 Å². The third-order valence-electron chi connectivity index (χ3n) is 3.97. The van der Waals surface area contributed by atoms with Crippen molar-refractivity contribution in [1.29, 1.82) is 0 Å². The number of aryl methyl sites for hydroxylation is 1. The first-order valence-corrected chi connectivity index (χ1v) is 7.93. The Balaban J connectivity index is 1.77. The highest BCUT2D eigenvalue weighted by molar-refractivity contribution is 6.65. The Morgan fingerprint density at radius 1 is 1.36 bits per heavy atom. The predicted molar refractivity (Wildman–Crippen MR) is 92.3 cm³/mol. The molecule has 3 rings (SSSR count). The molecule has 0 spiro atoms. The lowest BCUT2D eigenvalue weighted by molar-refractivity contribution is 0.317. The lowest BCUT2D eigenvalue weighted by Crippen LogP contribution is -2.46. The number of rotatable bonds is 3. The molecule has 2 N–H and O–H groups in total. The summed E-state index contributed by atoms with van der Waals surface area (Å²) in [6.45, 7) is 0. The molecule has 1 aromatic rings. The van der Waals surface area contributed by atoms with Gasteiger partial charge in [-0.2, -0.15) is 5.10 Å². The van der Waals surface area contributed by atoms with Gasteiger partial charge < -0.3 is 5.73 Å². The average molecular weight is 318 g/mol. The van der Waals surface area contributed by atoms with Crippen LogP contribution in [0.3, 0.4) is 0 Å². The molecule has 0 amide bonds. The van der Waals surface area contributed by atoms with E-state index in [4.69, 9.17) is 17.3 Å². The Morgan fingerprint density at radius 2 is 2.23 bits per heavy atom. The standard InChI is InChI=1S/C16H20ClN5/c1-19-16-7-6-14(17)21-22(16)15(18)10-11-4-5-13-12(9-11)3-2-8-20-13/h4-5,8-9,15H,2-3,6-7,10,18H2,1H3/b19-16-. The van der Waals surface area contributed by atoms with Gasteiger partial charge in [-0.25, -0.2) is 5.01 Å². The van der Waals surface area contributed by atoms with Gasteiger partial charge in [0.1, 0.15) is 17.2 Å². The highest BCUT2D eigenvalue weighted by Gasteiger charge is 2.23. The summed E-state index contributed by atoms with van der Waals surface area (Å²) in [4.78, 5) is 8.69. The summed E-state index contributed by atoms with van der Waals surface area (Å²) in [5.74, 6) is 0.888. The van der Waals surface area contributed by atoms with E-state index in [0.29, 0.717) is 11.6 Å². The molecule has 2 aliphatic rings. The number of hydrogen-bond donors (Lipinski definition) is 1. The Hall–Kier alpha value is -1.72. The molecule has 5 nitrogen and oxygen atoms in total. The van der Waals surface area contributed by atoms with Crippen molar-refractivity contribution in [3.05, 3.63) is 29.3 Å². The van der Waals surface area contributed by atoms with Crippen LogP contribution < -0.4 is 5.73 Å². The highest BCUT2D eigenvalue weighted by atomic mass is 35.5. The summed E-state index contributed by atoms with van der Waals surface area (Å²) < 4.78 is 0. The van der Waals surface area contributed by atoms with Gasteiger partial charge in [-0.3, -0.25) is 9.98 Å². The van der Waals surface area contributed by atoms with Crippen molar-refractivity contribution in [2.24, 2.45) is 20.8 Å². The molecule has 0 aliphatic carbocycles. The summed E-state index contributed by atoms with van der Waals surface area (Å²) in [5, 5.41) is 6.69. The van der Waals surface area contributed by atoms with Crippen molar-refractivity contribution in [3.8, 4) is 0 Å². The van der Waals surface area contributed by atoms with Gasteiger partial charge in [0, 0.05) is 32.5 Å². The van der Waals surface area contributed by atoms with Gasteiger partial charge in [0.15, 0.2) is 0 Å². The summed E-state index contributed by atoms with van der Waals surface area (Å²) in [7, 11) is 1.76. The maximum atomic E-state index is 6.33. The lowest BCUT2D eigenvalue weighted by atomic mass is 10.00. The molecular weight excluding hydrogens is 298 g/mol. The molecule has 2 aliphatic heterocycles. The number of halogens is 1. The van der Waals surface area contributed by atoms with E-state index in [0.717, 1.165) is 37.2 Å². The molecule has 0 aromatic heterocycles. The smallest absolute Gasteiger partial charge is 0.127 e. The van der Waals surface area contributed by atoms with Crippen molar-refractivity contribution in [3.63, 3.8) is 0 Å². The second-order valence-corrected chi connectivity index (χ2v) is 5.98. The lowest BCUT2D eigenvalue weighted by Gasteiger charge is -2.30. The Labute approximate surface area is 135 Å². The molecule has 1 aromatic carbocycles. The van der Waals surface area contributed by atoms with Crippen molar-refractivity contribution >= 4 is 34.5 Å². The van der Waals surface area contributed by atoms with Gasteiger partial charge in [-0.15, -0.1) is 0 Å². The Morgan fingerprint density at radius 3 is 3.05 bits per heavy atom. The van der Waals surface area contributed by atoms with Crippen molar-refractivity contribution in [1.82, 2.24) is 5.01 Å². The highest BCUT2D eigenvalue weighted by Crippen LogP contribution is 2.26. The molecule has 0 bridgehead atoms. The zero-order valence-electron chi connectivity index (χ0n) is 12.7. The number of nitrogens with zero attached hydrogens (tertiary/aromatic N) is 4. The van der Waals surface area contributed by atoms with E-state index in [2.05, 4.69) is 33.3 Å². The molecule has 6 heteroatoms. The van der Waals surface area contributed by atoms with Crippen molar-refractivity contribution in [2.45, 2.75) is 38.3 Å². The van der Waals surface area contributed by atoms with E-state index >= 15 is 0 Å². The molecule has 116 valence electrons. The average Bonchev–Trinajstić information content (AvgIpc) is 2.54. The minimum atomic E-state index is -0.266. The van der Waals surface area contributed by atoms with Gasteiger partial charge in [0.25, 0.3) is 0 Å². The third kappa shape index (κ3) is 3.20. The molecule has 1 atom stereocenters. The van der Waals surface area contributed by atoms with Crippen LogP contribution in [0.2, 0.25) is 0 Å². The predicted octanol–water partition coefficient (Wildman–Crippen LogP) is 2.84. The topological polar surface area (TPSA) is 66.3 Å². The summed E-state index contributed by atoms with van der Waals surface area (Å²) in [5.41, 5.74) is 9.88. The summed E-state index contributed by atoms with van der Waals surface area (Å²) in [6, 6.07) is 6.34. The second kappa shape index (κ2) is 6.58. The first-order chi connectivity index (χ1) is 10.7. The largest absolute Gasteiger partial charge is 0.309 e. The fourth-order valence-electron chi connectivity index (χ4n) is 2.84. The van der Waals surface area contributed by atoms with Crippen LogP contribution in [0.4, 0.5) is 5.69 Å². The first-order valence-electron chi connectivity index (χ1n) is 7.55. The number of aliphatic imine (C=N–C) groups is 2. The Kier molecular flexibility index (Phi) is 4.55. The zero-order chi connectivity index (χ0) is 15.5. The molecule has 22 heavy (non-hydrogen) atoms. The number of hydrogen-bond acceptors (Lipinski definition) is 4. The number of amidine groups is 1. The Bertz CT molecular complexity index is 650. The van der Waals surface area contributed by atoms with Crippen LogP contribution in [0.25, 0.3) is 0 Å². The molecule has 0 radical (unpaired) electrons. The SMILES string of the molecule is C/N=C1/CCC(Cl)=NN1C(N)Cc1ccc2c(c1)CCC=N2. The van der Waals surface area contributed by atoms with Crippen molar-refractivity contribution < 1.29 is 0 Å². The van der Waals surface area contributed by atoms with Crippen LogP contribution in [0, 0.1) is 0 Å². The van der Waals surface area contributed by atoms with Crippen LogP contribution in [-0.2, 0) is 12.8 Å². The van der Waals surface area contributed by atoms with Gasteiger partial charge in [-0.05, 0) is 30.0 Å². The maximum absolute atomic E-state index is 6.33. The van der Waals surface area contributed by atoms with E-state index in [1.807, 2.05) is 6.21 Å². The molecular formula is C16H20ClN5.